The van der Waals surface area contributed by atoms with Crippen LogP contribution in [0.15, 0.2) is 5.16 Å². The Balaban J connectivity index is 3.22. The van der Waals surface area contributed by atoms with E-state index in [1.54, 1.807) is 11.5 Å². The molecule has 0 atom stereocenters. The summed E-state index contributed by atoms with van der Waals surface area (Å²) in [7, 11) is -3.32. The lowest BCUT2D eigenvalue weighted by Gasteiger charge is -2.11. The van der Waals surface area contributed by atoms with Gasteiger partial charge in [0, 0.05) is 13.0 Å². The third-order valence-corrected chi connectivity index (χ3v) is 3.99. The van der Waals surface area contributed by atoms with Crippen LogP contribution < -0.4 is 5.73 Å². The zero-order chi connectivity index (χ0) is 13.1. The molecule has 0 radical (unpaired) electrons. The number of rotatable bonds is 6. The summed E-state index contributed by atoms with van der Waals surface area (Å²) in [5.41, 5.74) is 5.48. The summed E-state index contributed by atoms with van der Waals surface area (Å²) in [4.78, 5) is 0. The number of nitrogens with two attached hydrogens (primary N) is 1. The van der Waals surface area contributed by atoms with Gasteiger partial charge in [0.25, 0.3) is 0 Å². The quantitative estimate of drug-likeness (QED) is 0.790. The summed E-state index contributed by atoms with van der Waals surface area (Å²) < 4.78 is 25.4. The highest BCUT2D eigenvalue weighted by atomic mass is 32.2. The van der Waals surface area contributed by atoms with Gasteiger partial charge in [-0.15, -0.1) is 10.2 Å². The Bertz CT molecular complexity index is 465. The molecule has 0 fully saturated rings. The van der Waals surface area contributed by atoms with Crippen LogP contribution in [-0.2, 0) is 22.8 Å². The second kappa shape index (κ2) is 5.59. The molecule has 1 aromatic heterocycles. The topological polar surface area (TPSA) is 90.9 Å². The van der Waals surface area contributed by atoms with Gasteiger partial charge in [-0.05, 0) is 12.5 Å². The molecule has 0 spiro atoms. The second-order valence-electron chi connectivity index (χ2n) is 4.35. The molecule has 0 amide bonds. The monoisotopic (exact) mass is 260 g/mol. The van der Waals surface area contributed by atoms with E-state index in [0.717, 1.165) is 0 Å². The van der Waals surface area contributed by atoms with Gasteiger partial charge < -0.3 is 10.3 Å². The Morgan fingerprint density at radius 3 is 2.47 bits per heavy atom. The number of nitrogens with zero attached hydrogens (tertiary/aromatic N) is 3. The predicted octanol–water partition coefficient (Wildman–Crippen LogP) is 0.229. The summed E-state index contributed by atoms with van der Waals surface area (Å²) in [5.74, 6) is 1.01. The lowest BCUT2D eigenvalue weighted by Crippen LogP contribution is -2.18. The third-order valence-electron chi connectivity index (χ3n) is 2.37. The number of hydrogen-bond acceptors (Lipinski definition) is 5. The van der Waals surface area contributed by atoms with Gasteiger partial charge >= 0.3 is 0 Å². The van der Waals surface area contributed by atoms with Crippen molar-refractivity contribution in [3.8, 4) is 0 Å². The van der Waals surface area contributed by atoms with Crippen molar-refractivity contribution >= 4 is 9.84 Å². The van der Waals surface area contributed by atoms with Gasteiger partial charge in [0.2, 0.25) is 15.0 Å². The minimum atomic E-state index is -3.32. The van der Waals surface area contributed by atoms with Gasteiger partial charge in [0.15, 0.2) is 0 Å². The van der Waals surface area contributed by atoms with E-state index >= 15 is 0 Å². The van der Waals surface area contributed by atoms with Gasteiger partial charge in [-0.1, -0.05) is 20.8 Å². The lowest BCUT2D eigenvalue weighted by atomic mass is 10.2. The van der Waals surface area contributed by atoms with Crippen LogP contribution in [0, 0.1) is 5.92 Å². The zero-order valence-corrected chi connectivity index (χ0v) is 11.4. The minimum absolute atomic E-state index is 0.0336. The molecule has 0 saturated carbocycles. The third kappa shape index (κ3) is 3.26. The maximum Gasteiger partial charge on any atom is 0.249 e. The minimum Gasteiger partial charge on any atom is -0.330 e. The number of aromatic nitrogens is 3. The smallest absolute Gasteiger partial charge is 0.249 e. The molecule has 0 aromatic carbocycles. The lowest BCUT2D eigenvalue weighted by molar-refractivity contribution is 0.470. The molecule has 0 bridgehead atoms. The molecular formula is C10H20N4O2S. The summed E-state index contributed by atoms with van der Waals surface area (Å²) in [6.45, 7) is 6.68. The van der Waals surface area contributed by atoms with Crippen LogP contribution in [0.1, 0.15) is 26.6 Å². The Morgan fingerprint density at radius 1 is 1.35 bits per heavy atom. The molecule has 0 aliphatic heterocycles. The Kier molecular flexibility index (Phi) is 4.64. The van der Waals surface area contributed by atoms with Crippen molar-refractivity contribution in [2.45, 2.75) is 38.9 Å². The summed E-state index contributed by atoms with van der Waals surface area (Å²) >= 11 is 0. The highest BCUT2D eigenvalue weighted by Gasteiger charge is 2.23. The van der Waals surface area contributed by atoms with Crippen molar-refractivity contribution in [3.05, 3.63) is 5.82 Å². The fourth-order valence-corrected chi connectivity index (χ4v) is 2.48. The van der Waals surface area contributed by atoms with Crippen LogP contribution in [0.5, 0.6) is 0 Å². The SMILES string of the molecule is CCS(=O)(=O)c1nnc(CCN)n1CC(C)C. The summed E-state index contributed by atoms with van der Waals surface area (Å²) in [6.07, 6.45) is 0.541. The fourth-order valence-electron chi connectivity index (χ4n) is 1.54. The summed E-state index contributed by atoms with van der Waals surface area (Å²) in [6, 6.07) is 0. The first-order valence-electron chi connectivity index (χ1n) is 5.77. The van der Waals surface area contributed by atoms with Crippen molar-refractivity contribution in [2.75, 3.05) is 12.3 Å². The van der Waals surface area contributed by atoms with Crippen molar-refractivity contribution in [1.82, 2.24) is 14.8 Å². The molecule has 2 N–H and O–H groups in total. The van der Waals surface area contributed by atoms with Crippen molar-refractivity contribution in [2.24, 2.45) is 11.7 Å². The maximum absolute atomic E-state index is 11.9. The average Bonchev–Trinajstić information content (AvgIpc) is 2.62. The molecule has 1 rings (SSSR count). The van der Waals surface area contributed by atoms with E-state index in [0.29, 0.717) is 31.3 Å². The number of hydrogen-bond donors (Lipinski definition) is 1. The predicted molar refractivity (Wildman–Crippen MR) is 65.3 cm³/mol. The molecule has 7 heteroatoms. The second-order valence-corrected chi connectivity index (χ2v) is 6.52. The van der Waals surface area contributed by atoms with E-state index in [2.05, 4.69) is 10.2 Å². The Morgan fingerprint density at radius 2 is 2.00 bits per heavy atom. The highest BCUT2D eigenvalue weighted by Crippen LogP contribution is 2.13. The van der Waals surface area contributed by atoms with E-state index in [1.165, 1.54) is 0 Å². The zero-order valence-electron chi connectivity index (χ0n) is 10.5. The van der Waals surface area contributed by atoms with Gasteiger partial charge in [-0.3, -0.25) is 0 Å². The van der Waals surface area contributed by atoms with Crippen LogP contribution in [0.2, 0.25) is 0 Å². The Labute approximate surface area is 102 Å². The number of sulfone groups is 1. The van der Waals surface area contributed by atoms with Crippen molar-refractivity contribution < 1.29 is 8.42 Å². The molecule has 17 heavy (non-hydrogen) atoms. The first kappa shape index (κ1) is 14.1. The molecule has 0 unspecified atom stereocenters. The van der Waals surface area contributed by atoms with Crippen molar-refractivity contribution in [1.29, 1.82) is 0 Å². The van der Waals surface area contributed by atoms with Gasteiger partial charge in [0.1, 0.15) is 5.82 Å². The van der Waals surface area contributed by atoms with Crippen LogP contribution in [-0.4, -0.2) is 35.5 Å². The molecule has 98 valence electrons. The van der Waals surface area contributed by atoms with E-state index < -0.39 is 9.84 Å². The largest absolute Gasteiger partial charge is 0.330 e. The Hall–Kier alpha value is -0.950. The first-order valence-corrected chi connectivity index (χ1v) is 7.42. The molecule has 0 saturated heterocycles. The van der Waals surface area contributed by atoms with Crippen LogP contribution in [0.4, 0.5) is 0 Å². The van der Waals surface area contributed by atoms with Crippen molar-refractivity contribution in [3.63, 3.8) is 0 Å². The average molecular weight is 260 g/mol. The highest BCUT2D eigenvalue weighted by molar-refractivity contribution is 7.91. The maximum atomic E-state index is 11.9. The molecule has 0 aliphatic rings. The molecule has 1 heterocycles. The normalized spacial score (nSPS) is 12.3. The van der Waals surface area contributed by atoms with Crippen LogP contribution in [0.3, 0.4) is 0 Å². The standard InChI is InChI=1S/C10H20N4O2S/c1-4-17(15,16)10-13-12-9(5-6-11)14(10)7-8(2)3/h8H,4-7,11H2,1-3H3. The van der Waals surface area contributed by atoms with E-state index in [-0.39, 0.29) is 10.9 Å². The van der Waals surface area contributed by atoms with E-state index in [1.807, 2.05) is 13.8 Å². The summed E-state index contributed by atoms with van der Waals surface area (Å²) in [5, 5.41) is 7.79. The molecule has 1 aromatic rings. The molecule has 0 aliphatic carbocycles. The van der Waals surface area contributed by atoms with Crippen LogP contribution >= 0.6 is 0 Å². The molecule has 6 nitrogen and oxygen atoms in total. The fraction of sp³-hybridized carbons (Fsp3) is 0.800. The van der Waals surface area contributed by atoms with E-state index in [4.69, 9.17) is 5.73 Å². The van der Waals surface area contributed by atoms with Crippen LogP contribution in [0.25, 0.3) is 0 Å². The van der Waals surface area contributed by atoms with Gasteiger partial charge in [0.05, 0.1) is 5.75 Å². The van der Waals surface area contributed by atoms with Gasteiger partial charge in [-0.25, -0.2) is 8.42 Å². The van der Waals surface area contributed by atoms with Gasteiger partial charge in [-0.2, -0.15) is 0 Å². The first-order chi connectivity index (χ1) is 7.92. The molecular weight excluding hydrogens is 240 g/mol. The van der Waals surface area contributed by atoms with E-state index in [9.17, 15) is 8.42 Å².